The molecule has 2 aliphatic heterocycles. The highest BCUT2D eigenvalue weighted by Gasteiger charge is 2.29. The number of hydrogen-bond acceptors (Lipinski definition) is 5. The first-order valence-electron chi connectivity index (χ1n) is 10.6. The Kier molecular flexibility index (Phi) is 7.25. The van der Waals surface area contributed by atoms with Gasteiger partial charge >= 0.3 is 0 Å². The summed E-state index contributed by atoms with van der Waals surface area (Å²) in [5.74, 6) is 0.229. The molecule has 0 spiro atoms. The van der Waals surface area contributed by atoms with Crippen molar-refractivity contribution in [1.82, 2.24) is 10.2 Å². The van der Waals surface area contributed by atoms with E-state index in [1.54, 1.807) is 32.2 Å². The van der Waals surface area contributed by atoms with E-state index in [1.807, 2.05) is 0 Å². The van der Waals surface area contributed by atoms with Gasteiger partial charge in [-0.2, -0.15) is 0 Å². The lowest BCUT2D eigenvalue weighted by Crippen LogP contribution is -2.42. The van der Waals surface area contributed by atoms with Crippen molar-refractivity contribution in [3.8, 4) is 5.75 Å². The molecule has 0 radical (unpaired) electrons. The number of hydrogen-bond donors (Lipinski definition) is 1. The van der Waals surface area contributed by atoms with Gasteiger partial charge in [0.15, 0.2) is 11.9 Å². The standard InChI is InChI=1S/C22H31N3O4/c1-16-22(28)24(2)18-15-17(7-9-20(18)29-16)19(26)8-10-21(27)23-11-3-4-12-25-13-5-6-14-25/h7,9,15-16H,3-6,8,10-14H2,1-2H3,(H,23,27). The van der Waals surface area contributed by atoms with Gasteiger partial charge in [0.25, 0.3) is 5.91 Å². The predicted octanol–water partition coefficient (Wildman–Crippen LogP) is 2.39. The third-order valence-electron chi connectivity index (χ3n) is 5.63. The van der Waals surface area contributed by atoms with E-state index < -0.39 is 6.10 Å². The SMILES string of the molecule is CC1Oc2ccc(C(=O)CCC(=O)NCCCCN3CCCC3)cc2N(C)C1=O. The van der Waals surface area contributed by atoms with Crippen LogP contribution >= 0.6 is 0 Å². The number of nitrogens with one attached hydrogen (secondary N) is 1. The largest absolute Gasteiger partial charge is 0.479 e. The Labute approximate surface area is 172 Å². The summed E-state index contributed by atoms with van der Waals surface area (Å²) in [6, 6.07) is 5.06. The zero-order chi connectivity index (χ0) is 20.8. The lowest BCUT2D eigenvalue weighted by molar-refractivity contribution is -0.125. The number of amides is 2. The average molecular weight is 402 g/mol. The fourth-order valence-electron chi connectivity index (χ4n) is 3.84. The molecule has 7 nitrogen and oxygen atoms in total. The number of unbranched alkanes of at least 4 members (excludes halogenated alkanes) is 1. The van der Waals surface area contributed by atoms with E-state index >= 15 is 0 Å². The zero-order valence-electron chi connectivity index (χ0n) is 17.4. The number of likely N-dealkylation sites (N-methyl/N-ethyl adjacent to an activating group) is 1. The molecule has 0 aromatic heterocycles. The van der Waals surface area contributed by atoms with Crippen molar-refractivity contribution in [2.75, 3.05) is 38.1 Å². The lowest BCUT2D eigenvalue weighted by Gasteiger charge is -2.30. The molecule has 0 aliphatic carbocycles. The van der Waals surface area contributed by atoms with Crippen molar-refractivity contribution in [1.29, 1.82) is 0 Å². The maximum Gasteiger partial charge on any atom is 0.267 e. The fraction of sp³-hybridized carbons (Fsp3) is 0.591. The van der Waals surface area contributed by atoms with Crippen LogP contribution in [-0.4, -0.2) is 61.8 Å². The number of anilines is 1. The number of carbonyl (C=O) groups is 3. The van der Waals surface area contributed by atoms with Crippen LogP contribution in [0.4, 0.5) is 5.69 Å². The number of benzene rings is 1. The number of likely N-dealkylation sites (tertiary alicyclic amines) is 1. The second-order valence-electron chi connectivity index (χ2n) is 7.87. The van der Waals surface area contributed by atoms with Crippen molar-refractivity contribution in [2.24, 2.45) is 0 Å². The van der Waals surface area contributed by atoms with E-state index in [-0.39, 0.29) is 30.4 Å². The van der Waals surface area contributed by atoms with Gasteiger partial charge in [0.05, 0.1) is 5.69 Å². The minimum Gasteiger partial charge on any atom is -0.479 e. The molecule has 1 saturated heterocycles. The number of ether oxygens (including phenoxy) is 1. The van der Waals surface area contributed by atoms with Crippen LogP contribution in [0.1, 0.15) is 55.8 Å². The first kappa shape index (κ1) is 21.3. The highest BCUT2D eigenvalue weighted by Crippen LogP contribution is 2.34. The molecular formula is C22H31N3O4. The van der Waals surface area contributed by atoms with Crippen LogP contribution in [0.3, 0.4) is 0 Å². The monoisotopic (exact) mass is 401 g/mol. The first-order chi connectivity index (χ1) is 14.0. The summed E-state index contributed by atoms with van der Waals surface area (Å²) in [6.07, 6.45) is 4.42. The Morgan fingerprint density at radius 3 is 2.69 bits per heavy atom. The highest BCUT2D eigenvalue weighted by atomic mass is 16.5. The van der Waals surface area contributed by atoms with Crippen molar-refractivity contribution in [3.63, 3.8) is 0 Å². The van der Waals surface area contributed by atoms with Crippen LogP contribution in [0.25, 0.3) is 0 Å². The molecule has 1 atom stereocenters. The molecule has 158 valence electrons. The van der Waals surface area contributed by atoms with Crippen LogP contribution in [0.5, 0.6) is 5.75 Å². The van der Waals surface area contributed by atoms with Crippen molar-refractivity contribution in [2.45, 2.75) is 51.6 Å². The Bertz CT molecular complexity index is 758. The quantitative estimate of drug-likeness (QED) is 0.508. The summed E-state index contributed by atoms with van der Waals surface area (Å²) in [6.45, 7) is 5.86. The van der Waals surface area contributed by atoms with Gasteiger partial charge in [-0.15, -0.1) is 0 Å². The number of ketones is 1. The summed E-state index contributed by atoms with van der Waals surface area (Å²) in [4.78, 5) is 40.5. The Morgan fingerprint density at radius 1 is 1.17 bits per heavy atom. The molecule has 3 rings (SSSR count). The van der Waals surface area contributed by atoms with E-state index in [2.05, 4.69) is 10.2 Å². The Hall–Kier alpha value is -2.41. The molecule has 2 aliphatic rings. The number of carbonyl (C=O) groups excluding carboxylic acids is 3. The van der Waals surface area contributed by atoms with Crippen LogP contribution in [0.15, 0.2) is 18.2 Å². The number of rotatable bonds is 9. The molecule has 1 fully saturated rings. The Balaban J connectivity index is 1.40. The zero-order valence-corrected chi connectivity index (χ0v) is 17.4. The van der Waals surface area contributed by atoms with Crippen LogP contribution in [0.2, 0.25) is 0 Å². The maximum absolute atomic E-state index is 12.5. The smallest absolute Gasteiger partial charge is 0.267 e. The van der Waals surface area contributed by atoms with E-state index in [9.17, 15) is 14.4 Å². The average Bonchev–Trinajstić information content (AvgIpc) is 3.23. The summed E-state index contributed by atoms with van der Waals surface area (Å²) in [7, 11) is 1.67. The summed E-state index contributed by atoms with van der Waals surface area (Å²) < 4.78 is 5.57. The van der Waals surface area contributed by atoms with Crippen molar-refractivity contribution >= 4 is 23.3 Å². The normalized spacial score (nSPS) is 19.0. The molecule has 29 heavy (non-hydrogen) atoms. The van der Waals surface area contributed by atoms with E-state index in [0.29, 0.717) is 23.5 Å². The molecule has 7 heteroatoms. The summed E-state index contributed by atoms with van der Waals surface area (Å²) in [5, 5.41) is 2.90. The van der Waals surface area contributed by atoms with Gasteiger partial charge in [-0.05, 0) is 70.4 Å². The van der Waals surface area contributed by atoms with Gasteiger partial charge in [0.2, 0.25) is 5.91 Å². The van der Waals surface area contributed by atoms with Crippen LogP contribution < -0.4 is 15.0 Å². The minimum absolute atomic E-state index is 0.0954. The van der Waals surface area contributed by atoms with Crippen LogP contribution in [-0.2, 0) is 9.59 Å². The van der Waals surface area contributed by atoms with Gasteiger partial charge in [-0.3, -0.25) is 14.4 Å². The van der Waals surface area contributed by atoms with E-state index in [1.165, 1.54) is 30.8 Å². The van der Waals surface area contributed by atoms with E-state index in [0.717, 1.165) is 19.4 Å². The molecular weight excluding hydrogens is 370 g/mol. The fourth-order valence-corrected chi connectivity index (χ4v) is 3.84. The van der Waals surface area contributed by atoms with Crippen LogP contribution in [0, 0.1) is 0 Å². The molecule has 0 bridgehead atoms. The molecule has 1 aromatic carbocycles. The second-order valence-corrected chi connectivity index (χ2v) is 7.87. The third kappa shape index (κ3) is 5.56. The van der Waals surface area contributed by atoms with Gasteiger partial charge < -0.3 is 19.9 Å². The molecule has 2 amide bonds. The second kappa shape index (κ2) is 9.87. The summed E-state index contributed by atoms with van der Waals surface area (Å²) >= 11 is 0. The molecule has 0 saturated carbocycles. The molecule has 1 aromatic rings. The Morgan fingerprint density at radius 2 is 1.93 bits per heavy atom. The van der Waals surface area contributed by atoms with Gasteiger partial charge in [0, 0.05) is 32.0 Å². The molecule has 2 heterocycles. The third-order valence-corrected chi connectivity index (χ3v) is 5.63. The van der Waals surface area contributed by atoms with Gasteiger partial charge in [-0.1, -0.05) is 0 Å². The molecule has 1 N–H and O–H groups in total. The topological polar surface area (TPSA) is 79.0 Å². The summed E-state index contributed by atoms with van der Waals surface area (Å²) in [5.41, 5.74) is 1.07. The minimum atomic E-state index is -0.534. The number of Topliss-reactive ketones (excluding diaryl/α,β-unsaturated/α-hetero) is 1. The number of nitrogens with zero attached hydrogens (tertiary/aromatic N) is 2. The first-order valence-corrected chi connectivity index (χ1v) is 10.6. The predicted molar refractivity (Wildman–Crippen MR) is 111 cm³/mol. The van der Waals surface area contributed by atoms with Crippen molar-refractivity contribution < 1.29 is 19.1 Å². The highest BCUT2D eigenvalue weighted by molar-refractivity contribution is 6.03. The lowest BCUT2D eigenvalue weighted by atomic mass is 10.0. The van der Waals surface area contributed by atoms with Crippen molar-refractivity contribution in [3.05, 3.63) is 23.8 Å². The maximum atomic E-state index is 12.5. The number of fused-ring (bicyclic) bond motifs is 1. The van der Waals surface area contributed by atoms with Gasteiger partial charge in [0.1, 0.15) is 5.75 Å². The van der Waals surface area contributed by atoms with Gasteiger partial charge in [-0.25, -0.2) is 0 Å². The molecule has 1 unspecified atom stereocenters. The van der Waals surface area contributed by atoms with E-state index in [4.69, 9.17) is 4.74 Å².